The van der Waals surface area contributed by atoms with Gasteiger partial charge in [-0.3, -0.25) is 4.79 Å². The number of nitrogens with one attached hydrogen (secondary N) is 1. The number of benzene rings is 2. The molecule has 22 heavy (non-hydrogen) atoms. The number of rotatable bonds is 6. The van der Waals surface area contributed by atoms with Crippen molar-refractivity contribution >= 4 is 11.6 Å². The molecule has 0 radical (unpaired) electrons. The van der Waals surface area contributed by atoms with Crippen molar-refractivity contribution in [2.75, 3.05) is 6.61 Å². The topological polar surface area (TPSA) is 50.7 Å². The predicted molar refractivity (Wildman–Crippen MR) is 88.3 cm³/mol. The SMILES string of the molecule is CCCOc1ccccc1C(=O)N/N=C(\C)c1ccccc1. The van der Waals surface area contributed by atoms with Crippen LogP contribution in [0.1, 0.15) is 36.2 Å². The first-order valence-corrected chi connectivity index (χ1v) is 7.34. The quantitative estimate of drug-likeness (QED) is 0.653. The molecule has 0 atom stereocenters. The first kappa shape index (κ1) is 15.8. The van der Waals surface area contributed by atoms with Gasteiger partial charge in [0.1, 0.15) is 5.75 Å². The number of carbonyl (C=O) groups excluding carboxylic acids is 1. The summed E-state index contributed by atoms with van der Waals surface area (Å²) in [6.07, 6.45) is 0.890. The Bertz CT molecular complexity index is 651. The lowest BCUT2D eigenvalue weighted by atomic mass is 10.1. The van der Waals surface area contributed by atoms with Crippen molar-refractivity contribution in [2.24, 2.45) is 5.10 Å². The van der Waals surface area contributed by atoms with Crippen LogP contribution in [0.15, 0.2) is 59.7 Å². The van der Waals surface area contributed by atoms with Crippen LogP contribution in [0.5, 0.6) is 5.75 Å². The highest BCUT2D eigenvalue weighted by molar-refractivity contribution is 6.01. The molecule has 0 aromatic heterocycles. The van der Waals surface area contributed by atoms with Crippen LogP contribution in [0.25, 0.3) is 0 Å². The van der Waals surface area contributed by atoms with Crippen LogP contribution in [0, 0.1) is 0 Å². The summed E-state index contributed by atoms with van der Waals surface area (Å²) in [5.74, 6) is 0.302. The largest absolute Gasteiger partial charge is 0.493 e. The van der Waals surface area contributed by atoms with E-state index in [2.05, 4.69) is 10.5 Å². The molecule has 114 valence electrons. The normalized spacial score (nSPS) is 11.1. The van der Waals surface area contributed by atoms with E-state index in [1.165, 1.54) is 0 Å². The second-order valence-corrected chi connectivity index (χ2v) is 4.85. The Balaban J connectivity index is 2.09. The first-order chi connectivity index (χ1) is 10.7. The summed E-state index contributed by atoms with van der Waals surface area (Å²) in [6, 6.07) is 16.9. The van der Waals surface area contributed by atoms with Gasteiger partial charge < -0.3 is 4.74 Å². The van der Waals surface area contributed by atoms with E-state index < -0.39 is 0 Å². The number of hydrazone groups is 1. The summed E-state index contributed by atoms with van der Waals surface area (Å²) in [7, 11) is 0. The van der Waals surface area contributed by atoms with Crippen LogP contribution in [0.3, 0.4) is 0 Å². The van der Waals surface area contributed by atoms with Gasteiger partial charge in [0.25, 0.3) is 5.91 Å². The van der Waals surface area contributed by atoms with E-state index in [1.54, 1.807) is 12.1 Å². The molecule has 2 aromatic carbocycles. The predicted octanol–water partition coefficient (Wildman–Crippen LogP) is 3.63. The number of para-hydroxylation sites is 1. The molecule has 0 heterocycles. The van der Waals surface area contributed by atoms with E-state index >= 15 is 0 Å². The molecule has 4 nitrogen and oxygen atoms in total. The van der Waals surface area contributed by atoms with E-state index in [-0.39, 0.29) is 5.91 Å². The fourth-order valence-electron chi connectivity index (χ4n) is 1.93. The maximum atomic E-state index is 12.3. The number of ether oxygens (including phenoxy) is 1. The first-order valence-electron chi connectivity index (χ1n) is 7.34. The number of hydrogen-bond acceptors (Lipinski definition) is 3. The molecule has 2 aromatic rings. The van der Waals surface area contributed by atoms with Gasteiger partial charge in [-0.05, 0) is 31.0 Å². The Morgan fingerprint density at radius 3 is 2.50 bits per heavy atom. The van der Waals surface area contributed by atoms with Crippen molar-refractivity contribution < 1.29 is 9.53 Å². The van der Waals surface area contributed by atoms with Gasteiger partial charge in [0.15, 0.2) is 0 Å². The zero-order valence-corrected chi connectivity index (χ0v) is 12.9. The molecule has 1 N–H and O–H groups in total. The Kier molecular flexibility index (Phi) is 5.72. The molecule has 0 aliphatic carbocycles. The highest BCUT2D eigenvalue weighted by atomic mass is 16.5. The molecular weight excluding hydrogens is 276 g/mol. The highest BCUT2D eigenvalue weighted by Crippen LogP contribution is 2.18. The molecule has 0 spiro atoms. The zero-order chi connectivity index (χ0) is 15.8. The summed E-state index contributed by atoms with van der Waals surface area (Å²) < 4.78 is 5.59. The van der Waals surface area contributed by atoms with Crippen molar-refractivity contribution in [3.63, 3.8) is 0 Å². The van der Waals surface area contributed by atoms with Crippen LogP contribution in [-0.2, 0) is 0 Å². The lowest BCUT2D eigenvalue weighted by molar-refractivity contribution is 0.0950. The van der Waals surface area contributed by atoms with Gasteiger partial charge in [0.2, 0.25) is 0 Å². The number of amides is 1. The Hall–Kier alpha value is -2.62. The summed E-state index contributed by atoms with van der Waals surface area (Å²) in [6.45, 7) is 4.46. The van der Waals surface area contributed by atoms with Gasteiger partial charge in [-0.15, -0.1) is 0 Å². The van der Waals surface area contributed by atoms with Crippen LogP contribution in [-0.4, -0.2) is 18.2 Å². The van der Waals surface area contributed by atoms with Crippen molar-refractivity contribution in [1.29, 1.82) is 0 Å². The molecule has 0 aliphatic rings. The Morgan fingerprint density at radius 1 is 1.09 bits per heavy atom. The second-order valence-electron chi connectivity index (χ2n) is 4.85. The van der Waals surface area contributed by atoms with Crippen LogP contribution < -0.4 is 10.2 Å². The molecule has 1 amide bonds. The van der Waals surface area contributed by atoms with Gasteiger partial charge in [-0.2, -0.15) is 5.10 Å². The third kappa shape index (κ3) is 4.19. The third-order valence-electron chi connectivity index (χ3n) is 3.11. The van der Waals surface area contributed by atoms with Gasteiger partial charge in [0.05, 0.1) is 17.9 Å². The van der Waals surface area contributed by atoms with Gasteiger partial charge in [-0.25, -0.2) is 5.43 Å². The van der Waals surface area contributed by atoms with E-state index in [0.717, 1.165) is 17.7 Å². The van der Waals surface area contributed by atoms with Crippen LogP contribution in [0.2, 0.25) is 0 Å². The maximum absolute atomic E-state index is 12.3. The van der Waals surface area contributed by atoms with Crippen molar-refractivity contribution in [2.45, 2.75) is 20.3 Å². The van der Waals surface area contributed by atoms with E-state index in [4.69, 9.17) is 4.74 Å². The van der Waals surface area contributed by atoms with Crippen molar-refractivity contribution in [3.05, 3.63) is 65.7 Å². The number of hydrogen-bond donors (Lipinski definition) is 1. The minimum absolute atomic E-state index is 0.276. The molecule has 4 heteroatoms. The Labute approximate surface area is 130 Å². The summed E-state index contributed by atoms with van der Waals surface area (Å²) in [5, 5.41) is 4.15. The number of nitrogens with zero attached hydrogens (tertiary/aromatic N) is 1. The molecular formula is C18H20N2O2. The minimum atomic E-state index is -0.276. The molecule has 2 rings (SSSR count). The zero-order valence-electron chi connectivity index (χ0n) is 12.9. The van der Waals surface area contributed by atoms with Crippen LogP contribution in [0.4, 0.5) is 0 Å². The fraction of sp³-hybridized carbons (Fsp3) is 0.222. The molecule has 0 saturated heterocycles. The highest BCUT2D eigenvalue weighted by Gasteiger charge is 2.11. The average molecular weight is 296 g/mol. The van der Waals surface area contributed by atoms with Gasteiger partial charge in [-0.1, -0.05) is 49.4 Å². The standard InChI is InChI=1S/C18H20N2O2/c1-3-13-22-17-12-8-7-11-16(17)18(21)20-19-14(2)15-9-5-4-6-10-15/h4-12H,3,13H2,1-2H3,(H,20,21)/b19-14+. The number of carbonyl (C=O) groups is 1. The lowest BCUT2D eigenvalue weighted by Crippen LogP contribution is -2.20. The molecule has 0 aliphatic heterocycles. The Morgan fingerprint density at radius 2 is 1.77 bits per heavy atom. The fourth-order valence-corrected chi connectivity index (χ4v) is 1.93. The average Bonchev–Trinajstić information content (AvgIpc) is 2.58. The van der Waals surface area contributed by atoms with Gasteiger partial charge >= 0.3 is 0 Å². The van der Waals surface area contributed by atoms with E-state index in [9.17, 15) is 4.79 Å². The summed E-state index contributed by atoms with van der Waals surface area (Å²) >= 11 is 0. The maximum Gasteiger partial charge on any atom is 0.275 e. The summed E-state index contributed by atoms with van der Waals surface area (Å²) in [5.41, 5.74) is 4.79. The van der Waals surface area contributed by atoms with Crippen molar-refractivity contribution in [1.82, 2.24) is 5.43 Å². The van der Waals surface area contributed by atoms with Gasteiger partial charge in [0, 0.05) is 0 Å². The second kappa shape index (κ2) is 7.98. The monoisotopic (exact) mass is 296 g/mol. The third-order valence-corrected chi connectivity index (χ3v) is 3.11. The molecule has 0 fully saturated rings. The molecule has 0 bridgehead atoms. The van der Waals surface area contributed by atoms with E-state index in [1.807, 2.05) is 56.3 Å². The van der Waals surface area contributed by atoms with E-state index in [0.29, 0.717) is 17.9 Å². The smallest absolute Gasteiger partial charge is 0.275 e. The van der Waals surface area contributed by atoms with Crippen molar-refractivity contribution in [3.8, 4) is 5.75 Å². The molecule has 0 unspecified atom stereocenters. The minimum Gasteiger partial charge on any atom is -0.493 e. The van der Waals surface area contributed by atoms with Crippen LogP contribution >= 0.6 is 0 Å². The molecule has 0 saturated carbocycles. The lowest BCUT2D eigenvalue weighted by Gasteiger charge is -2.09. The summed E-state index contributed by atoms with van der Waals surface area (Å²) in [4.78, 5) is 12.3.